The summed E-state index contributed by atoms with van der Waals surface area (Å²) < 4.78 is 28.4. The van der Waals surface area contributed by atoms with E-state index >= 15 is 0 Å². The summed E-state index contributed by atoms with van der Waals surface area (Å²) in [6, 6.07) is 8.42. The first-order chi connectivity index (χ1) is 13.6. The van der Waals surface area contributed by atoms with Crippen LogP contribution < -0.4 is 10.6 Å². The monoisotopic (exact) mass is 456 g/mol. The molecule has 0 aliphatic carbocycles. The Balaban J connectivity index is 1.73. The molecule has 0 bridgehead atoms. The number of carbonyl (C=O) groups excluding carboxylic acids is 2. The summed E-state index contributed by atoms with van der Waals surface area (Å²) in [5.41, 5.74) is 0.803. The second-order valence-corrected chi connectivity index (χ2v) is 9.39. The number of nitrogens with one attached hydrogen (secondary N) is 2. The first-order valence-corrected chi connectivity index (χ1v) is 11.3. The van der Waals surface area contributed by atoms with E-state index in [0.717, 1.165) is 12.7 Å². The van der Waals surface area contributed by atoms with Crippen molar-refractivity contribution in [3.63, 3.8) is 0 Å². The second-order valence-electron chi connectivity index (χ2n) is 6.56. The minimum atomic E-state index is -3.36. The lowest BCUT2D eigenvalue weighted by Gasteiger charge is -2.14. The number of carbonyl (C=O) groups is 2. The predicted molar refractivity (Wildman–Crippen MR) is 112 cm³/mol. The molecular formula is C19H18Cl2N2O5S. The van der Waals surface area contributed by atoms with Crippen molar-refractivity contribution >= 4 is 56.2 Å². The maximum Gasteiger partial charge on any atom is 0.255 e. The van der Waals surface area contributed by atoms with E-state index in [1.807, 2.05) is 0 Å². The van der Waals surface area contributed by atoms with Crippen molar-refractivity contribution in [3.05, 3.63) is 52.0 Å². The number of hydrogen-bond acceptors (Lipinski definition) is 5. The zero-order valence-electron chi connectivity index (χ0n) is 15.4. The Kier molecular flexibility index (Phi) is 6.48. The van der Waals surface area contributed by atoms with Crippen molar-refractivity contribution in [2.45, 2.75) is 23.8 Å². The van der Waals surface area contributed by atoms with Gasteiger partial charge in [0.05, 0.1) is 20.6 Å². The molecule has 3 rings (SSSR count). The zero-order chi connectivity index (χ0) is 21.2. The number of ether oxygens (including phenoxy) is 1. The smallest absolute Gasteiger partial charge is 0.255 e. The normalized spacial score (nSPS) is 16.4. The van der Waals surface area contributed by atoms with Gasteiger partial charge in [-0.1, -0.05) is 23.2 Å². The Morgan fingerprint density at radius 1 is 1.07 bits per heavy atom. The van der Waals surface area contributed by atoms with Crippen LogP contribution in [0.3, 0.4) is 0 Å². The van der Waals surface area contributed by atoms with Gasteiger partial charge in [-0.25, -0.2) is 8.42 Å². The fourth-order valence-corrected chi connectivity index (χ4v) is 4.02. The van der Waals surface area contributed by atoms with Gasteiger partial charge in [0.1, 0.15) is 6.10 Å². The topological polar surface area (TPSA) is 102 Å². The molecule has 0 saturated carbocycles. The lowest BCUT2D eigenvalue weighted by Crippen LogP contribution is -2.26. The molecule has 7 nitrogen and oxygen atoms in total. The van der Waals surface area contributed by atoms with Crippen LogP contribution in [0.15, 0.2) is 41.3 Å². The highest BCUT2D eigenvalue weighted by molar-refractivity contribution is 7.90. The second kappa shape index (κ2) is 8.71. The van der Waals surface area contributed by atoms with Crippen LogP contribution in [-0.4, -0.2) is 39.2 Å². The number of anilines is 2. The quantitative estimate of drug-likeness (QED) is 0.712. The molecule has 1 heterocycles. The van der Waals surface area contributed by atoms with Gasteiger partial charge in [-0.2, -0.15) is 0 Å². The molecule has 10 heteroatoms. The fourth-order valence-electron chi connectivity index (χ4n) is 2.81. The summed E-state index contributed by atoms with van der Waals surface area (Å²) >= 11 is 12.5. The first-order valence-electron chi connectivity index (χ1n) is 8.68. The summed E-state index contributed by atoms with van der Waals surface area (Å²) in [6.07, 6.45) is 2.07. The largest absolute Gasteiger partial charge is 0.368 e. The van der Waals surface area contributed by atoms with Crippen molar-refractivity contribution in [2.24, 2.45) is 0 Å². The number of rotatable bonds is 5. The fraction of sp³-hybridized carbons (Fsp3) is 0.263. The number of halogens is 2. The number of benzene rings is 2. The Hall–Kier alpha value is -2.13. The standard InChI is InChI=1S/C19H18Cl2N2O5S/c1-29(26,27)13-6-4-11(5-7-13)18(24)23-17-14(20)9-12(10-15(17)21)22-19(25)16-3-2-8-28-16/h4-7,9-10,16H,2-3,8H2,1H3,(H,22,25)(H,23,24). The first kappa shape index (κ1) is 21.6. The van der Waals surface area contributed by atoms with Gasteiger partial charge < -0.3 is 15.4 Å². The van der Waals surface area contributed by atoms with Crippen LogP contribution >= 0.6 is 23.2 Å². The maximum atomic E-state index is 12.5. The minimum Gasteiger partial charge on any atom is -0.368 e. The maximum absolute atomic E-state index is 12.5. The molecule has 2 N–H and O–H groups in total. The molecule has 1 fully saturated rings. The third-order valence-corrected chi connectivity index (χ3v) is 6.04. The summed E-state index contributed by atoms with van der Waals surface area (Å²) in [5.74, 6) is -0.789. The van der Waals surface area contributed by atoms with E-state index in [0.29, 0.717) is 18.7 Å². The average molecular weight is 457 g/mol. The van der Waals surface area contributed by atoms with Crippen molar-refractivity contribution in [1.29, 1.82) is 0 Å². The molecule has 1 aliphatic rings. The lowest BCUT2D eigenvalue weighted by atomic mass is 10.2. The Morgan fingerprint density at radius 2 is 1.69 bits per heavy atom. The summed E-state index contributed by atoms with van der Waals surface area (Å²) in [4.78, 5) is 24.7. The number of hydrogen-bond donors (Lipinski definition) is 2. The molecule has 0 radical (unpaired) electrons. The van der Waals surface area contributed by atoms with Crippen LogP contribution in [0.1, 0.15) is 23.2 Å². The predicted octanol–water partition coefficient (Wildman–Crippen LogP) is 3.77. The Labute approximate surface area is 178 Å². The summed E-state index contributed by atoms with van der Waals surface area (Å²) in [6.45, 7) is 0.551. The zero-order valence-corrected chi connectivity index (χ0v) is 17.7. The summed E-state index contributed by atoms with van der Waals surface area (Å²) in [7, 11) is -3.36. The van der Waals surface area contributed by atoms with Crippen LogP contribution in [0.2, 0.25) is 10.0 Å². The van der Waals surface area contributed by atoms with E-state index in [4.69, 9.17) is 27.9 Å². The molecule has 2 amide bonds. The molecule has 2 aromatic carbocycles. The van der Waals surface area contributed by atoms with Crippen molar-refractivity contribution in [3.8, 4) is 0 Å². The highest BCUT2D eigenvalue weighted by atomic mass is 35.5. The number of sulfone groups is 1. The third-order valence-electron chi connectivity index (χ3n) is 4.31. The SMILES string of the molecule is CS(=O)(=O)c1ccc(C(=O)Nc2c(Cl)cc(NC(=O)C3CCCO3)cc2Cl)cc1. The molecule has 0 aromatic heterocycles. The van der Waals surface area contributed by atoms with Gasteiger partial charge in [-0.05, 0) is 49.2 Å². The highest BCUT2D eigenvalue weighted by Crippen LogP contribution is 2.34. The Morgan fingerprint density at radius 3 is 2.21 bits per heavy atom. The Bertz CT molecular complexity index is 1030. The molecule has 2 aromatic rings. The van der Waals surface area contributed by atoms with Crippen LogP contribution in [0, 0.1) is 0 Å². The molecule has 154 valence electrons. The van der Waals surface area contributed by atoms with Crippen molar-refractivity contribution in [2.75, 3.05) is 23.5 Å². The molecule has 1 atom stereocenters. The van der Waals surface area contributed by atoms with Crippen LogP contribution in [-0.2, 0) is 19.4 Å². The number of amides is 2. The van der Waals surface area contributed by atoms with Crippen LogP contribution in [0.5, 0.6) is 0 Å². The lowest BCUT2D eigenvalue weighted by molar-refractivity contribution is -0.124. The van der Waals surface area contributed by atoms with Gasteiger partial charge in [0.25, 0.3) is 11.8 Å². The molecule has 1 unspecified atom stereocenters. The molecule has 0 spiro atoms. The van der Waals surface area contributed by atoms with E-state index in [2.05, 4.69) is 10.6 Å². The van der Waals surface area contributed by atoms with E-state index in [-0.39, 0.29) is 32.1 Å². The molecule has 1 aliphatic heterocycles. The van der Waals surface area contributed by atoms with Gasteiger partial charge in [0.15, 0.2) is 9.84 Å². The van der Waals surface area contributed by atoms with Crippen LogP contribution in [0.4, 0.5) is 11.4 Å². The van der Waals surface area contributed by atoms with Gasteiger partial charge in [-0.15, -0.1) is 0 Å². The molecular weight excluding hydrogens is 439 g/mol. The van der Waals surface area contributed by atoms with E-state index in [1.54, 1.807) is 0 Å². The highest BCUT2D eigenvalue weighted by Gasteiger charge is 2.24. The van der Waals surface area contributed by atoms with Crippen molar-refractivity contribution in [1.82, 2.24) is 0 Å². The minimum absolute atomic E-state index is 0.108. The average Bonchev–Trinajstić information content (AvgIpc) is 3.19. The van der Waals surface area contributed by atoms with Crippen molar-refractivity contribution < 1.29 is 22.7 Å². The van der Waals surface area contributed by atoms with Gasteiger partial charge in [-0.3, -0.25) is 9.59 Å². The van der Waals surface area contributed by atoms with E-state index < -0.39 is 21.8 Å². The van der Waals surface area contributed by atoms with Crippen LogP contribution in [0.25, 0.3) is 0 Å². The van der Waals surface area contributed by atoms with Gasteiger partial charge >= 0.3 is 0 Å². The van der Waals surface area contributed by atoms with E-state index in [9.17, 15) is 18.0 Å². The summed E-state index contributed by atoms with van der Waals surface area (Å²) in [5, 5.41) is 5.57. The molecule has 1 saturated heterocycles. The van der Waals surface area contributed by atoms with Gasteiger partial charge in [0.2, 0.25) is 0 Å². The van der Waals surface area contributed by atoms with E-state index in [1.165, 1.54) is 36.4 Å². The third kappa shape index (κ3) is 5.27. The molecule has 29 heavy (non-hydrogen) atoms. The van der Waals surface area contributed by atoms with Gasteiger partial charge in [0, 0.05) is 24.1 Å².